The van der Waals surface area contributed by atoms with Crippen LogP contribution in [0.2, 0.25) is 0 Å². The van der Waals surface area contributed by atoms with Crippen molar-refractivity contribution in [1.29, 1.82) is 0 Å². The van der Waals surface area contributed by atoms with E-state index in [-0.39, 0.29) is 23.9 Å². The summed E-state index contributed by atoms with van der Waals surface area (Å²) in [5.74, 6) is 0.215. The number of anilines is 1. The number of azide groups is 1. The number of thioether (sulfide) groups is 1. The largest absolute Gasteiger partial charge is 0.301 e. The molecule has 2 rings (SSSR count). The maximum absolute atomic E-state index is 11.9. The molecule has 1 aliphatic heterocycles. The van der Waals surface area contributed by atoms with Crippen LogP contribution in [-0.4, -0.2) is 35.2 Å². The Bertz CT molecular complexity index is 594. The molecule has 0 aromatic carbocycles. The minimum Gasteiger partial charge on any atom is -0.301 e. The number of hydrogen-bond donors (Lipinski definition) is 1. The Kier molecular flexibility index (Phi) is 4.08. The highest BCUT2D eigenvalue weighted by molar-refractivity contribution is 7.98. The van der Waals surface area contributed by atoms with Crippen molar-refractivity contribution < 1.29 is 4.79 Å². The maximum Gasteiger partial charge on any atom is 0.253 e. The van der Waals surface area contributed by atoms with Gasteiger partial charge in [-0.3, -0.25) is 14.5 Å². The number of amides is 1. The molecule has 9 heteroatoms. The lowest BCUT2D eigenvalue weighted by atomic mass is 10.1. The number of hydrogen-bond acceptors (Lipinski definition) is 5. The Balaban J connectivity index is 2.22. The number of nitrogens with zero attached hydrogens (tertiary/aromatic N) is 5. The first kappa shape index (κ1) is 13.4. The predicted molar refractivity (Wildman–Crippen MR) is 71.1 cm³/mol. The molecule has 0 bridgehead atoms. The molecule has 1 fully saturated rings. The van der Waals surface area contributed by atoms with Gasteiger partial charge in [-0.2, -0.15) is 0 Å². The van der Waals surface area contributed by atoms with Gasteiger partial charge < -0.3 is 4.98 Å². The molecule has 1 saturated heterocycles. The van der Waals surface area contributed by atoms with E-state index < -0.39 is 0 Å². The third-order valence-corrected chi connectivity index (χ3v) is 3.36. The average molecular weight is 280 g/mol. The van der Waals surface area contributed by atoms with Gasteiger partial charge in [-0.15, -0.1) is 0 Å². The van der Waals surface area contributed by atoms with Crippen LogP contribution in [0.4, 0.5) is 5.82 Å². The molecule has 8 nitrogen and oxygen atoms in total. The third-order valence-electron chi connectivity index (χ3n) is 2.78. The van der Waals surface area contributed by atoms with Gasteiger partial charge in [0, 0.05) is 30.5 Å². The minimum absolute atomic E-state index is 0.0257. The van der Waals surface area contributed by atoms with Gasteiger partial charge in [-0.25, -0.2) is 4.98 Å². The molecule has 0 radical (unpaired) electrons. The molecule has 1 aromatic heterocycles. The number of nitrogens with one attached hydrogen (secondary N) is 1. The van der Waals surface area contributed by atoms with Crippen LogP contribution < -0.4 is 10.5 Å². The number of rotatable bonds is 4. The molecular formula is C10H12N6O2S. The summed E-state index contributed by atoms with van der Waals surface area (Å²) in [6, 6.07) is 1.30. The lowest BCUT2D eigenvalue weighted by molar-refractivity contribution is -0.117. The van der Waals surface area contributed by atoms with Crippen LogP contribution in [0.25, 0.3) is 10.4 Å². The summed E-state index contributed by atoms with van der Waals surface area (Å²) in [6.45, 7) is 0.694. The highest BCUT2D eigenvalue weighted by atomic mass is 32.2. The Morgan fingerprint density at radius 1 is 1.68 bits per heavy atom. The summed E-state index contributed by atoms with van der Waals surface area (Å²) >= 11 is 1.30. The fraction of sp³-hybridized carbons (Fsp3) is 0.500. The van der Waals surface area contributed by atoms with Gasteiger partial charge >= 0.3 is 0 Å². The van der Waals surface area contributed by atoms with Crippen molar-refractivity contribution in [3.05, 3.63) is 26.9 Å². The minimum atomic E-state index is -0.291. The molecule has 1 aromatic rings. The first-order valence-electron chi connectivity index (χ1n) is 5.60. The van der Waals surface area contributed by atoms with Crippen molar-refractivity contribution in [1.82, 2.24) is 9.97 Å². The molecule has 0 saturated carbocycles. The molecule has 1 amide bonds. The molecule has 1 unspecified atom stereocenters. The molecule has 0 aliphatic carbocycles. The Hall–Kier alpha value is -1.99. The highest BCUT2D eigenvalue weighted by Gasteiger charge is 2.31. The van der Waals surface area contributed by atoms with Crippen molar-refractivity contribution in [2.75, 3.05) is 24.2 Å². The predicted octanol–water partition coefficient (Wildman–Crippen LogP) is 1.16. The second-order valence-corrected chi connectivity index (χ2v) is 4.90. The summed E-state index contributed by atoms with van der Waals surface area (Å²) in [6.07, 6.45) is 2.10. The summed E-state index contributed by atoms with van der Waals surface area (Å²) in [4.78, 5) is 34.3. The van der Waals surface area contributed by atoms with Crippen LogP contribution in [0.3, 0.4) is 0 Å². The molecular weight excluding hydrogens is 268 g/mol. The zero-order chi connectivity index (χ0) is 13.8. The van der Waals surface area contributed by atoms with Crippen molar-refractivity contribution >= 4 is 23.5 Å². The molecule has 100 valence electrons. The van der Waals surface area contributed by atoms with E-state index in [1.165, 1.54) is 22.7 Å². The van der Waals surface area contributed by atoms with E-state index >= 15 is 0 Å². The van der Waals surface area contributed by atoms with Crippen LogP contribution in [0.15, 0.2) is 21.1 Å². The first-order valence-corrected chi connectivity index (χ1v) is 6.83. The van der Waals surface area contributed by atoms with Gasteiger partial charge in [0.05, 0.1) is 0 Å². The van der Waals surface area contributed by atoms with Gasteiger partial charge in [0.25, 0.3) is 5.56 Å². The molecule has 1 N–H and O–H groups in total. The molecule has 2 heterocycles. The van der Waals surface area contributed by atoms with E-state index in [9.17, 15) is 9.59 Å². The number of aromatic nitrogens is 2. The van der Waals surface area contributed by atoms with Crippen LogP contribution >= 0.6 is 11.8 Å². The fourth-order valence-corrected chi connectivity index (χ4v) is 2.32. The zero-order valence-corrected chi connectivity index (χ0v) is 11.1. The monoisotopic (exact) mass is 280 g/mol. The molecule has 1 aliphatic rings. The van der Waals surface area contributed by atoms with E-state index in [0.29, 0.717) is 23.9 Å². The van der Waals surface area contributed by atoms with Crippen molar-refractivity contribution in [3.8, 4) is 0 Å². The van der Waals surface area contributed by atoms with Crippen LogP contribution in [0.1, 0.15) is 6.42 Å². The van der Waals surface area contributed by atoms with E-state index in [0.717, 1.165) is 0 Å². The first-order chi connectivity index (χ1) is 9.13. The number of aromatic amines is 1. The van der Waals surface area contributed by atoms with E-state index in [1.54, 1.807) is 6.26 Å². The quantitative estimate of drug-likeness (QED) is 0.293. The molecule has 19 heavy (non-hydrogen) atoms. The van der Waals surface area contributed by atoms with E-state index in [4.69, 9.17) is 5.53 Å². The van der Waals surface area contributed by atoms with Crippen LogP contribution in [0, 0.1) is 5.92 Å². The van der Waals surface area contributed by atoms with Gasteiger partial charge in [-0.05, 0) is 17.7 Å². The Morgan fingerprint density at radius 2 is 2.47 bits per heavy atom. The van der Waals surface area contributed by atoms with Crippen molar-refractivity contribution in [3.63, 3.8) is 0 Å². The Morgan fingerprint density at radius 3 is 3.16 bits per heavy atom. The standard InChI is InChI=1S/C10H12N6O2S/c1-19-10-13-7(3-8(17)14-10)16-5-6(2-9(16)18)4-12-15-11/h3,6H,2,4-5H2,1H3,(H,13,14,17). The summed E-state index contributed by atoms with van der Waals surface area (Å²) < 4.78 is 0. The SMILES string of the molecule is CSc1nc(N2CC(CN=[N+]=[N-])CC2=O)cc(=O)[nH]1. The molecule has 1 atom stereocenters. The van der Waals surface area contributed by atoms with Crippen molar-refractivity contribution in [2.24, 2.45) is 11.0 Å². The third kappa shape index (κ3) is 3.07. The van der Waals surface area contributed by atoms with Gasteiger partial charge in [0.2, 0.25) is 5.91 Å². The highest BCUT2D eigenvalue weighted by Crippen LogP contribution is 2.23. The number of carbonyl (C=O) groups excluding carboxylic acids is 1. The summed E-state index contributed by atoms with van der Waals surface area (Å²) in [5, 5.41) is 3.94. The topological polar surface area (TPSA) is 115 Å². The number of carbonyl (C=O) groups is 1. The Labute approximate surface area is 112 Å². The fourth-order valence-electron chi connectivity index (χ4n) is 1.94. The van der Waals surface area contributed by atoms with E-state index in [2.05, 4.69) is 20.0 Å². The summed E-state index contributed by atoms with van der Waals surface area (Å²) in [7, 11) is 0. The van der Waals surface area contributed by atoms with Crippen LogP contribution in [-0.2, 0) is 4.79 Å². The lowest BCUT2D eigenvalue weighted by Crippen LogP contribution is -2.27. The number of H-pyrrole nitrogens is 1. The maximum atomic E-state index is 11.9. The average Bonchev–Trinajstić information content (AvgIpc) is 2.76. The van der Waals surface area contributed by atoms with Gasteiger partial charge in [0.1, 0.15) is 5.82 Å². The van der Waals surface area contributed by atoms with Gasteiger partial charge in [0.15, 0.2) is 5.16 Å². The lowest BCUT2D eigenvalue weighted by Gasteiger charge is -2.15. The second kappa shape index (κ2) is 5.77. The van der Waals surface area contributed by atoms with Gasteiger partial charge in [-0.1, -0.05) is 16.9 Å². The van der Waals surface area contributed by atoms with E-state index in [1.807, 2.05) is 0 Å². The molecule has 0 spiro atoms. The van der Waals surface area contributed by atoms with Crippen LogP contribution in [0.5, 0.6) is 0 Å². The zero-order valence-electron chi connectivity index (χ0n) is 10.2. The normalized spacial score (nSPS) is 18.5. The summed E-state index contributed by atoms with van der Waals surface area (Å²) in [5.41, 5.74) is 7.99. The smallest absolute Gasteiger partial charge is 0.253 e. The van der Waals surface area contributed by atoms with Crippen molar-refractivity contribution in [2.45, 2.75) is 11.6 Å². The second-order valence-electron chi connectivity index (χ2n) is 4.10.